The van der Waals surface area contributed by atoms with E-state index in [9.17, 15) is 13.2 Å². The van der Waals surface area contributed by atoms with Crippen molar-refractivity contribution in [2.24, 2.45) is 5.92 Å². The van der Waals surface area contributed by atoms with Crippen LogP contribution in [0.4, 0.5) is 0 Å². The van der Waals surface area contributed by atoms with Crippen LogP contribution in [0, 0.1) is 5.92 Å². The third-order valence-electron chi connectivity index (χ3n) is 5.87. The van der Waals surface area contributed by atoms with Gasteiger partial charge in [-0.05, 0) is 37.3 Å². The Morgan fingerprint density at radius 2 is 2.04 bits per heavy atom. The van der Waals surface area contributed by atoms with Gasteiger partial charge in [0.05, 0.1) is 36.1 Å². The molecule has 2 atom stereocenters. The van der Waals surface area contributed by atoms with Crippen molar-refractivity contribution >= 4 is 26.8 Å². The Morgan fingerprint density at radius 3 is 2.82 bits per heavy atom. The molecule has 1 aromatic heterocycles. The predicted molar refractivity (Wildman–Crippen MR) is 108 cm³/mol. The van der Waals surface area contributed by atoms with Crippen molar-refractivity contribution in [2.75, 3.05) is 33.1 Å². The maximum absolute atomic E-state index is 13.0. The molecule has 2 heterocycles. The summed E-state index contributed by atoms with van der Waals surface area (Å²) in [5.74, 6) is -0.481. The smallest absolute Gasteiger partial charge is 0.253 e. The molecular weight excluding hydrogens is 378 g/mol. The van der Waals surface area contributed by atoms with Gasteiger partial charge in [0, 0.05) is 31.1 Å². The Bertz CT molecular complexity index is 996. The number of hydrogen-bond donors (Lipinski definition) is 2. The van der Waals surface area contributed by atoms with Crippen LogP contribution in [0.2, 0.25) is 0 Å². The largest absolute Gasteiger partial charge is 0.379 e. The zero-order chi connectivity index (χ0) is 19.9. The Labute approximate surface area is 165 Å². The monoisotopic (exact) mass is 405 g/mol. The summed E-state index contributed by atoms with van der Waals surface area (Å²) in [7, 11) is -0.315. The topological polar surface area (TPSA) is 91.5 Å². The molecule has 2 N–H and O–H groups in total. The van der Waals surface area contributed by atoms with Crippen molar-refractivity contribution in [1.82, 2.24) is 14.6 Å². The maximum Gasteiger partial charge on any atom is 0.253 e. The minimum absolute atomic E-state index is 0.0358. The highest BCUT2D eigenvalue weighted by molar-refractivity contribution is 7.89. The Morgan fingerprint density at radius 1 is 1.25 bits per heavy atom. The predicted octanol–water partition coefficient (Wildman–Crippen LogP) is 1.68. The van der Waals surface area contributed by atoms with Crippen LogP contribution in [0.25, 0.3) is 10.9 Å². The zero-order valence-corrected chi connectivity index (χ0v) is 17.1. The number of nitrogens with zero attached hydrogens (tertiary/aromatic N) is 1. The molecule has 28 heavy (non-hydrogen) atoms. The number of benzene rings is 1. The lowest BCUT2D eigenvalue weighted by Crippen LogP contribution is -2.43. The fraction of sp³-hybridized carbons (Fsp3) is 0.550. The van der Waals surface area contributed by atoms with Crippen LogP contribution in [0.3, 0.4) is 0 Å². The molecule has 152 valence electrons. The molecule has 0 spiro atoms. The number of aryl methyl sites for hydroxylation is 2. The van der Waals surface area contributed by atoms with E-state index in [4.69, 9.17) is 4.74 Å². The Kier molecular flexibility index (Phi) is 5.20. The third-order valence-corrected chi connectivity index (χ3v) is 7.84. The highest BCUT2D eigenvalue weighted by atomic mass is 32.2. The van der Waals surface area contributed by atoms with Gasteiger partial charge in [0.25, 0.3) is 5.91 Å². The molecule has 1 saturated heterocycles. The molecule has 7 nitrogen and oxygen atoms in total. The summed E-state index contributed by atoms with van der Waals surface area (Å²) in [6, 6.07) is 5.49. The van der Waals surface area contributed by atoms with E-state index in [-0.39, 0.29) is 23.6 Å². The lowest BCUT2D eigenvalue weighted by atomic mass is 9.95. The fourth-order valence-electron chi connectivity index (χ4n) is 4.21. The molecule has 1 aromatic carbocycles. The molecule has 2 aromatic rings. The molecule has 8 heteroatoms. The van der Waals surface area contributed by atoms with Crippen LogP contribution in [0.1, 0.15) is 34.5 Å². The number of carbonyl (C=O) groups is 1. The number of nitrogens with one attached hydrogen (secondary N) is 2. The molecule has 1 fully saturated rings. The van der Waals surface area contributed by atoms with Crippen LogP contribution in [0.15, 0.2) is 18.2 Å². The van der Waals surface area contributed by atoms with E-state index < -0.39 is 10.0 Å². The molecule has 0 saturated carbocycles. The van der Waals surface area contributed by atoms with Crippen LogP contribution in [-0.2, 0) is 27.6 Å². The van der Waals surface area contributed by atoms with Gasteiger partial charge in [-0.25, -0.2) is 12.7 Å². The summed E-state index contributed by atoms with van der Waals surface area (Å²) in [5, 5.41) is 4.13. The van der Waals surface area contributed by atoms with Gasteiger partial charge in [-0.3, -0.25) is 4.79 Å². The van der Waals surface area contributed by atoms with E-state index in [1.165, 1.54) is 42.5 Å². The number of rotatable bonds is 5. The van der Waals surface area contributed by atoms with E-state index in [0.29, 0.717) is 18.8 Å². The number of amides is 1. The minimum atomic E-state index is -3.36. The van der Waals surface area contributed by atoms with Crippen molar-refractivity contribution in [1.29, 1.82) is 0 Å². The number of H-pyrrole nitrogens is 1. The van der Waals surface area contributed by atoms with Gasteiger partial charge in [0.1, 0.15) is 0 Å². The SMILES string of the molecule is CN(C)S(=O)(=O)C[C@@H]1COC[C@H]1NC(=O)c1cccc2c3c([nH]c12)CCCC3. The lowest BCUT2D eigenvalue weighted by molar-refractivity contribution is 0.0927. The molecule has 0 bridgehead atoms. The van der Waals surface area contributed by atoms with E-state index in [0.717, 1.165) is 23.7 Å². The van der Waals surface area contributed by atoms with Crippen molar-refractivity contribution in [3.63, 3.8) is 0 Å². The number of ether oxygens (including phenoxy) is 1. The summed E-state index contributed by atoms with van der Waals surface area (Å²) in [5.41, 5.74) is 4.05. The molecular formula is C20H27N3O4S. The van der Waals surface area contributed by atoms with Gasteiger partial charge in [-0.15, -0.1) is 0 Å². The van der Waals surface area contributed by atoms with E-state index in [1.54, 1.807) is 0 Å². The highest BCUT2D eigenvalue weighted by Crippen LogP contribution is 2.31. The van der Waals surface area contributed by atoms with Gasteiger partial charge >= 0.3 is 0 Å². The Balaban J connectivity index is 1.56. The normalized spacial score (nSPS) is 22.5. The van der Waals surface area contributed by atoms with E-state index in [1.807, 2.05) is 12.1 Å². The summed E-state index contributed by atoms with van der Waals surface area (Å²) in [6.45, 7) is 0.662. The molecule has 2 aliphatic rings. The van der Waals surface area contributed by atoms with Crippen molar-refractivity contribution in [2.45, 2.75) is 31.7 Å². The van der Waals surface area contributed by atoms with Crippen LogP contribution >= 0.6 is 0 Å². The summed E-state index contributed by atoms with van der Waals surface area (Å²) in [6.07, 6.45) is 4.41. The second-order valence-electron chi connectivity index (χ2n) is 7.96. The number of aromatic nitrogens is 1. The zero-order valence-electron chi connectivity index (χ0n) is 16.3. The van der Waals surface area contributed by atoms with Gasteiger partial charge in [-0.2, -0.15) is 0 Å². The lowest BCUT2D eigenvalue weighted by Gasteiger charge is -2.21. The number of para-hydroxylation sites is 1. The first-order valence-electron chi connectivity index (χ1n) is 9.78. The summed E-state index contributed by atoms with van der Waals surface area (Å²) >= 11 is 0. The molecule has 1 amide bonds. The first kappa shape index (κ1) is 19.4. The third kappa shape index (κ3) is 3.56. The summed E-state index contributed by atoms with van der Waals surface area (Å²) < 4.78 is 31.2. The molecule has 0 unspecified atom stereocenters. The van der Waals surface area contributed by atoms with Gasteiger partial charge in [-0.1, -0.05) is 12.1 Å². The number of carbonyl (C=O) groups excluding carboxylic acids is 1. The van der Waals surface area contributed by atoms with E-state index in [2.05, 4.69) is 16.4 Å². The highest BCUT2D eigenvalue weighted by Gasteiger charge is 2.34. The molecule has 1 aliphatic heterocycles. The minimum Gasteiger partial charge on any atom is -0.379 e. The molecule has 1 aliphatic carbocycles. The van der Waals surface area contributed by atoms with Crippen molar-refractivity contribution in [3.05, 3.63) is 35.0 Å². The standard InChI is InChI=1S/C20H27N3O4S/c1-23(2)28(25,26)12-13-10-27-11-18(13)22-20(24)16-8-5-7-15-14-6-3-4-9-17(14)21-19(15)16/h5,7-8,13,18,21H,3-4,6,9-12H2,1-2H3,(H,22,24)/t13-,18+/m0/s1. The first-order valence-corrected chi connectivity index (χ1v) is 11.4. The number of fused-ring (bicyclic) bond motifs is 3. The van der Waals surface area contributed by atoms with Crippen molar-refractivity contribution < 1.29 is 17.9 Å². The van der Waals surface area contributed by atoms with Gasteiger partial charge in [0.2, 0.25) is 10.0 Å². The molecule has 4 rings (SSSR count). The van der Waals surface area contributed by atoms with Crippen LogP contribution in [-0.4, -0.2) is 62.7 Å². The first-order chi connectivity index (χ1) is 13.4. The number of sulfonamides is 1. The van der Waals surface area contributed by atoms with E-state index >= 15 is 0 Å². The number of aromatic amines is 1. The quantitative estimate of drug-likeness (QED) is 0.792. The van der Waals surface area contributed by atoms with Gasteiger partial charge < -0.3 is 15.0 Å². The van der Waals surface area contributed by atoms with Crippen LogP contribution < -0.4 is 5.32 Å². The van der Waals surface area contributed by atoms with Crippen molar-refractivity contribution in [3.8, 4) is 0 Å². The second kappa shape index (κ2) is 7.50. The average Bonchev–Trinajstić information content (AvgIpc) is 3.25. The fourth-order valence-corrected chi connectivity index (χ4v) is 5.37. The van der Waals surface area contributed by atoms with Crippen LogP contribution in [0.5, 0.6) is 0 Å². The number of hydrogen-bond acceptors (Lipinski definition) is 4. The molecule has 0 radical (unpaired) electrons. The summed E-state index contributed by atoms with van der Waals surface area (Å²) in [4.78, 5) is 16.5. The van der Waals surface area contributed by atoms with Gasteiger partial charge in [0.15, 0.2) is 0 Å². The maximum atomic E-state index is 13.0. The Hall–Kier alpha value is -1.90. The average molecular weight is 406 g/mol. The second-order valence-corrected chi connectivity index (χ2v) is 10.2.